The van der Waals surface area contributed by atoms with Crippen LogP contribution in [-0.4, -0.2) is 29.7 Å². The van der Waals surface area contributed by atoms with Crippen molar-refractivity contribution >= 4 is 0 Å². The van der Waals surface area contributed by atoms with Crippen molar-refractivity contribution in [3.8, 4) is 0 Å². The number of rotatable bonds is 4. The molecule has 2 nitrogen and oxygen atoms in total. The van der Waals surface area contributed by atoms with E-state index in [0.717, 1.165) is 19.5 Å². The summed E-state index contributed by atoms with van der Waals surface area (Å²) in [6, 6.07) is 8.73. The van der Waals surface area contributed by atoms with Crippen LogP contribution < -0.4 is 0 Å². The molecular formula is C16H25NO. The van der Waals surface area contributed by atoms with Crippen molar-refractivity contribution in [2.45, 2.75) is 45.3 Å². The third-order valence-electron chi connectivity index (χ3n) is 3.99. The molecule has 0 amide bonds. The predicted molar refractivity (Wildman–Crippen MR) is 75.5 cm³/mol. The maximum atomic E-state index is 9.99. The van der Waals surface area contributed by atoms with Gasteiger partial charge in [0.15, 0.2) is 0 Å². The van der Waals surface area contributed by atoms with Crippen molar-refractivity contribution in [3.63, 3.8) is 0 Å². The Morgan fingerprint density at radius 1 is 1.17 bits per heavy atom. The maximum Gasteiger partial charge on any atom is 0.0580 e. The van der Waals surface area contributed by atoms with Crippen LogP contribution in [0.25, 0.3) is 0 Å². The summed E-state index contributed by atoms with van der Waals surface area (Å²) < 4.78 is 0. The maximum absolute atomic E-state index is 9.99. The molecule has 0 heterocycles. The predicted octanol–water partition coefficient (Wildman–Crippen LogP) is 2.98. The SMILES string of the molecule is Cc1ccc(CN(C)CC2CCCCC2O)cc1. The molecule has 0 bridgehead atoms. The summed E-state index contributed by atoms with van der Waals surface area (Å²) >= 11 is 0. The zero-order chi connectivity index (χ0) is 13.0. The Morgan fingerprint density at radius 3 is 2.50 bits per heavy atom. The van der Waals surface area contributed by atoms with E-state index in [-0.39, 0.29) is 6.10 Å². The van der Waals surface area contributed by atoms with E-state index >= 15 is 0 Å². The Kier molecular flexibility index (Phi) is 4.79. The summed E-state index contributed by atoms with van der Waals surface area (Å²) in [5.41, 5.74) is 2.66. The number of aryl methyl sites for hydroxylation is 1. The molecule has 2 atom stereocenters. The summed E-state index contributed by atoms with van der Waals surface area (Å²) in [4.78, 5) is 2.34. The Bertz CT molecular complexity index is 360. The summed E-state index contributed by atoms with van der Waals surface area (Å²) in [5, 5.41) is 9.99. The van der Waals surface area contributed by atoms with Crippen molar-refractivity contribution in [1.29, 1.82) is 0 Å². The lowest BCUT2D eigenvalue weighted by atomic mass is 9.86. The van der Waals surface area contributed by atoms with Crippen molar-refractivity contribution in [2.24, 2.45) is 5.92 Å². The highest BCUT2D eigenvalue weighted by atomic mass is 16.3. The van der Waals surface area contributed by atoms with Gasteiger partial charge >= 0.3 is 0 Å². The number of benzene rings is 1. The van der Waals surface area contributed by atoms with Gasteiger partial charge in [-0.3, -0.25) is 0 Å². The molecule has 1 fully saturated rings. The Labute approximate surface area is 111 Å². The molecule has 0 aromatic heterocycles. The first-order chi connectivity index (χ1) is 8.65. The molecule has 18 heavy (non-hydrogen) atoms. The molecule has 1 aromatic carbocycles. The van der Waals surface area contributed by atoms with E-state index in [1.807, 2.05) is 0 Å². The van der Waals surface area contributed by atoms with E-state index in [2.05, 4.69) is 43.1 Å². The third-order valence-corrected chi connectivity index (χ3v) is 3.99. The highest BCUT2D eigenvalue weighted by molar-refractivity contribution is 5.21. The number of aliphatic hydroxyl groups is 1. The van der Waals surface area contributed by atoms with E-state index in [1.54, 1.807) is 0 Å². The fourth-order valence-electron chi connectivity index (χ4n) is 2.87. The van der Waals surface area contributed by atoms with Crippen molar-refractivity contribution in [3.05, 3.63) is 35.4 Å². The van der Waals surface area contributed by atoms with Crippen molar-refractivity contribution < 1.29 is 5.11 Å². The number of hydrogen-bond donors (Lipinski definition) is 1. The van der Waals surface area contributed by atoms with Crippen LogP contribution in [-0.2, 0) is 6.54 Å². The second kappa shape index (κ2) is 6.35. The minimum absolute atomic E-state index is 0.0841. The topological polar surface area (TPSA) is 23.5 Å². The van der Waals surface area contributed by atoms with Crippen LogP contribution in [0.1, 0.15) is 36.8 Å². The Morgan fingerprint density at radius 2 is 1.83 bits per heavy atom. The molecule has 1 saturated carbocycles. The second-order valence-electron chi connectivity index (χ2n) is 5.79. The molecular weight excluding hydrogens is 222 g/mol. The standard InChI is InChI=1S/C16H25NO/c1-13-7-9-14(10-8-13)11-17(2)12-15-5-3-4-6-16(15)18/h7-10,15-16,18H,3-6,11-12H2,1-2H3. The number of nitrogens with zero attached hydrogens (tertiary/aromatic N) is 1. The zero-order valence-corrected chi connectivity index (χ0v) is 11.6. The van der Waals surface area contributed by atoms with Gasteiger partial charge in [0.1, 0.15) is 0 Å². The molecule has 2 heteroatoms. The van der Waals surface area contributed by atoms with Gasteiger partial charge < -0.3 is 10.0 Å². The minimum atomic E-state index is -0.0841. The highest BCUT2D eigenvalue weighted by Gasteiger charge is 2.23. The van der Waals surface area contributed by atoms with Crippen molar-refractivity contribution in [1.82, 2.24) is 4.90 Å². The van der Waals surface area contributed by atoms with E-state index in [4.69, 9.17) is 0 Å². The number of hydrogen-bond acceptors (Lipinski definition) is 2. The lowest BCUT2D eigenvalue weighted by Crippen LogP contribution is -2.34. The lowest BCUT2D eigenvalue weighted by Gasteiger charge is -2.31. The molecule has 0 aliphatic heterocycles. The molecule has 1 aromatic rings. The molecule has 1 aliphatic carbocycles. The first-order valence-corrected chi connectivity index (χ1v) is 7.07. The van der Waals surface area contributed by atoms with Gasteiger partial charge in [0.05, 0.1) is 6.10 Å². The fourth-order valence-corrected chi connectivity index (χ4v) is 2.87. The second-order valence-corrected chi connectivity index (χ2v) is 5.79. The molecule has 0 saturated heterocycles. The quantitative estimate of drug-likeness (QED) is 0.884. The van der Waals surface area contributed by atoms with Crippen LogP contribution in [0.3, 0.4) is 0 Å². The van der Waals surface area contributed by atoms with Crippen LogP contribution in [0, 0.1) is 12.8 Å². The number of aliphatic hydroxyl groups excluding tert-OH is 1. The van der Waals surface area contributed by atoms with Gasteiger partial charge in [0.25, 0.3) is 0 Å². The Balaban J connectivity index is 1.84. The summed E-state index contributed by atoms with van der Waals surface area (Å²) in [6.45, 7) is 4.10. The average molecular weight is 247 g/mol. The molecule has 2 unspecified atom stereocenters. The fraction of sp³-hybridized carbons (Fsp3) is 0.625. The summed E-state index contributed by atoms with van der Waals surface area (Å²) in [6.07, 6.45) is 4.56. The van der Waals surface area contributed by atoms with Crippen LogP contribution in [0.2, 0.25) is 0 Å². The molecule has 100 valence electrons. The van der Waals surface area contributed by atoms with Gasteiger partial charge in [-0.25, -0.2) is 0 Å². The van der Waals surface area contributed by atoms with E-state index in [1.165, 1.54) is 30.4 Å². The van der Waals surface area contributed by atoms with Crippen LogP contribution >= 0.6 is 0 Å². The molecule has 2 rings (SSSR count). The molecule has 1 aliphatic rings. The monoisotopic (exact) mass is 247 g/mol. The average Bonchev–Trinajstić information content (AvgIpc) is 2.35. The van der Waals surface area contributed by atoms with E-state index in [9.17, 15) is 5.11 Å². The van der Waals surface area contributed by atoms with Gasteiger partial charge in [-0.2, -0.15) is 0 Å². The zero-order valence-electron chi connectivity index (χ0n) is 11.6. The molecule has 1 N–H and O–H groups in total. The van der Waals surface area contributed by atoms with E-state index in [0.29, 0.717) is 5.92 Å². The summed E-state index contributed by atoms with van der Waals surface area (Å²) in [7, 11) is 2.15. The first kappa shape index (κ1) is 13.6. The van der Waals surface area contributed by atoms with E-state index < -0.39 is 0 Å². The van der Waals surface area contributed by atoms with Gasteiger partial charge in [-0.1, -0.05) is 42.7 Å². The summed E-state index contributed by atoms with van der Waals surface area (Å²) in [5.74, 6) is 0.467. The highest BCUT2D eigenvalue weighted by Crippen LogP contribution is 2.25. The third kappa shape index (κ3) is 3.82. The minimum Gasteiger partial charge on any atom is -0.393 e. The molecule has 0 spiro atoms. The van der Waals surface area contributed by atoms with Gasteiger partial charge in [0.2, 0.25) is 0 Å². The molecule has 0 radical (unpaired) electrons. The van der Waals surface area contributed by atoms with Gasteiger partial charge in [-0.05, 0) is 38.3 Å². The van der Waals surface area contributed by atoms with Crippen molar-refractivity contribution in [2.75, 3.05) is 13.6 Å². The smallest absolute Gasteiger partial charge is 0.0580 e. The van der Waals surface area contributed by atoms with Gasteiger partial charge in [-0.15, -0.1) is 0 Å². The van der Waals surface area contributed by atoms with Crippen LogP contribution in [0.5, 0.6) is 0 Å². The lowest BCUT2D eigenvalue weighted by molar-refractivity contribution is 0.0502. The van der Waals surface area contributed by atoms with Crippen LogP contribution in [0.15, 0.2) is 24.3 Å². The van der Waals surface area contributed by atoms with Crippen LogP contribution in [0.4, 0.5) is 0 Å². The largest absolute Gasteiger partial charge is 0.393 e. The normalized spacial score (nSPS) is 24.4. The Hall–Kier alpha value is -0.860. The van der Waals surface area contributed by atoms with Gasteiger partial charge in [0, 0.05) is 13.1 Å². The first-order valence-electron chi connectivity index (χ1n) is 7.07.